The molecule has 0 unspecified atom stereocenters. The number of benzene rings is 2. The van der Waals surface area contributed by atoms with E-state index in [1.807, 2.05) is 61.2 Å². The summed E-state index contributed by atoms with van der Waals surface area (Å²) in [5.41, 5.74) is 3.38. The van der Waals surface area contributed by atoms with Crippen molar-refractivity contribution in [3.8, 4) is 5.75 Å². The summed E-state index contributed by atoms with van der Waals surface area (Å²) >= 11 is 0. The Morgan fingerprint density at radius 2 is 1.79 bits per heavy atom. The number of amides is 2. The van der Waals surface area contributed by atoms with Crippen molar-refractivity contribution in [2.45, 2.75) is 27.0 Å². The monoisotopic (exact) mass is 462 g/mol. The predicted octanol–water partition coefficient (Wildman–Crippen LogP) is 2.94. The van der Waals surface area contributed by atoms with Gasteiger partial charge in [0.15, 0.2) is 0 Å². The van der Waals surface area contributed by atoms with Crippen LogP contribution in [0, 0.1) is 13.8 Å². The molecule has 8 heteroatoms. The van der Waals surface area contributed by atoms with Crippen LogP contribution in [-0.4, -0.2) is 59.5 Å². The largest absolute Gasteiger partial charge is 0.489 e. The first-order chi connectivity index (χ1) is 16.5. The maximum atomic E-state index is 13.0. The molecule has 34 heavy (non-hydrogen) atoms. The third-order valence-electron chi connectivity index (χ3n) is 6.00. The second-order valence-electron chi connectivity index (χ2n) is 8.45. The van der Waals surface area contributed by atoms with Gasteiger partial charge in [0.05, 0.1) is 17.8 Å². The third-order valence-corrected chi connectivity index (χ3v) is 6.00. The highest BCUT2D eigenvalue weighted by Gasteiger charge is 2.23. The molecular weight excluding hydrogens is 432 g/mol. The number of hydrogen-bond acceptors (Lipinski definition) is 6. The number of piperazine rings is 1. The zero-order chi connectivity index (χ0) is 23.9. The summed E-state index contributed by atoms with van der Waals surface area (Å²) in [5, 5.41) is 6.90. The standard InChI is InChI=1S/C26H30N4O4/c1-19-24(20(2)34-28-19)18-33-23-10-6-9-22(15-23)26(32)30-13-11-29(12-14-30)17-25(31)27-16-21-7-4-3-5-8-21/h3-10,15H,11-14,16-18H2,1-2H3,(H,27,31). The minimum absolute atomic E-state index is 0.00762. The van der Waals surface area contributed by atoms with E-state index >= 15 is 0 Å². The van der Waals surface area contributed by atoms with E-state index < -0.39 is 0 Å². The number of aromatic nitrogens is 1. The lowest BCUT2D eigenvalue weighted by Gasteiger charge is -2.34. The van der Waals surface area contributed by atoms with Gasteiger partial charge in [0.2, 0.25) is 5.91 Å². The highest BCUT2D eigenvalue weighted by atomic mass is 16.5. The first-order valence-corrected chi connectivity index (χ1v) is 11.5. The molecule has 2 aromatic carbocycles. The van der Waals surface area contributed by atoms with Crippen LogP contribution in [0.3, 0.4) is 0 Å². The second-order valence-corrected chi connectivity index (χ2v) is 8.45. The molecule has 2 heterocycles. The quantitative estimate of drug-likeness (QED) is 0.554. The van der Waals surface area contributed by atoms with Crippen molar-refractivity contribution in [2.24, 2.45) is 0 Å². The van der Waals surface area contributed by atoms with Gasteiger partial charge in [-0.05, 0) is 37.6 Å². The number of hydrogen-bond donors (Lipinski definition) is 1. The Morgan fingerprint density at radius 3 is 2.50 bits per heavy atom. The average molecular weight is 463 g/mol. The van der Waals surface area contributed by atoms with E-state index in [-0.39, 0.29) is 11.8 Å². The molecule has 3 aromatic rings. The SMILES string of the molecule is Cc1noc(C)c1COc1cccc(C(=O)N2CCN(CC(=O)NCc3ccccc3)CC2)c1. The fraction of sp³-hybridized carbons (Fsp3) is 0.346. The van der Waals surface area contributed by atoms with Gasteiger partial charge in [-0.1, -0.05) is 41.6 Å². The first-order valence-electron chi connectivity index (χ1n) is 11.5. The lowest BCUT2D eigenvalue weighted by molar-refractivity contribution is -0.122. The maximum absolute atomic E-state index is 13.0. The van der Waals surface area contributed by atoms with Gasteiger partial charge in [-0.15, -0.1) is 0 Å². The second kappa shape index (κ2) is 11.0. The first kappa shape index (κ1) is 23.5. The van der Waals surface area contributed by atoms with Crippen molar-refractivity contribution < 1.29 is 18.8 Å². The molecule has 2 amide bonds. The Labute approximate surface area is 199 Å². The maximum Gasteiger partial charge on any atom is 0.254 e. The van der Waals surface area contributed by atoms with E-state index in [0.29, 0.717) is 57.2 Å². The molecule has 1 aromatic heterocycles. The number of nitrogens with one attached hydrogen (secondary N) is 1. The van der Waals surface area contributed by atoms with Gasteiger partial charge in [-0.3, -0.25) is 14.5 Å². The Balaban J connectivity index is 1.24. The number of ether oxygens (including phenoxy) is 1. The minimum atomic E-state index is -0.0315. The molecule has 8 nitrogen and oxygen atoms in total. The van der Waals surface area contributed by atoms with Crippen LogP contribution < -0.4 is 10.1 Å². The lowest BCUT2D eigenvalue weighted by Crippen LogP contribution is -2.51. The number of nitrogens with zero attached hydrogens (tertiary/aromatic N) is 3. The van der Waals surface area contributed by atoms with Crippen LogP contribution in [0.15, 0.2) is 59.1 Å². The molecule has 0 radical (unpaired) electrons. The molecule has 0 atom stereocenters. The molecule has 178 valence electrons. The highest BCUT2D eigenvalue weighted by molar-refractivity contribution is 5.94. The Morgan fingerprint density at radius 1 is 1.03 bits per heavy atom. The van der Waals surface area contributed by atoms with Gasteiger partial charge in [0.1, 0.15) is 18.1 Å². The van der Waals surface area contributed by atoms with Crippen LogP contribution in [0.4, 0.5) is 0 Å². The molecule has 1 aliphatic heterocycles. The molecule has 0 spiro atoms. The van der Waals surface area contributed by atoms with Crippen molar-refractivity contribution in [1.82, 2.24) is 20.3 Å². The molecule has 0 saturated carbocycles. The van der Waals surface area contributed by atoms with Crippen molar-refractivity contribution >= 4 is 11.8 Å². The van der Waals surface area contributed by atoms with Crippen molar-refractivity contribution in [3.05, 3.63) is 82.7 Å². The number of carbonyl (C=O) groups is 2. The van der Waals surface area contributed by atoms with E-state index in [2.05, 4.69) is 15.4 Å². The Hall–Kier alpha value is -3.65. The van der Waals surface area contributed by atoms with Crippen LogP contribution in [0.25, 0.3) is 0 Å². The summed E-state index contributed by atoms with van der Waals surface area (Å²) in [6, 6.07) is 17.1. The summed E-state index contributed by atoms with van der Waals surface area (Å²) in [7, 11) is 0. The average Bonchev–Trinajstić information content (AvgIpc) is 3.19. The van der Waals surface area contributed by atoms with Gasteiger partial charge < -0.3 is 19.5 Å². The number of rotatable bonds is 8. The molecule has 1 saturated heterocycles. The Bertz CT molecular complexity index is 1100. The predicted molar refractivity (Wildman–Crippen MR) is 127 cm³/mol. The third kappa shape index (κ3) is 6.02. The fourth-order valence-corrected chi connectivity index (χ4v) is 3.93. The van der Waals surface area contributed by atoms with Crippen molar-refractivity contribution in [1.29, 1.82) is 0 Å². The molecular formula is C26H30N4O4. The van der Waals surface area contributed by atoms with Crippen molar-refractivity contribution in [3.63, 3.8) is 0 Å². The molecule has 1 aliphatic rings. The summed E-state index contributed by atoms with van der Waals surface area (Å²) in [6.07, 6.45) is 0. The Kier molecular flexibility index (Phi) is 7.59. The van der Waals surface area contributed by atoms with Crippen LogP contribution in [0.1, 0.15) is 32.9 Å². The summed E-state index contributed by atoms with van der Waals surface area (Å²) in [6.45, 7) is 7.40. The van der Waals surface area contributed by atoms with E-state index in [4.69, 9.17) is 9.26 Å². The van der Waals surface area contributed by atoms with Gasteiger partial charge in [-0.2, -0.15) is 0 Å². The van der Waals surface area contributed by atoms with Crippen molar-refractivity contribution in [2.75, 3.05) is 32.7 Å². The summed E-state index contributed by atoms with van der Waals surface area (Å²) in [5.74, 6) is 1.32. The van der Waals surface area contributed by atoms with E-state index in [9.17, 15) is 9.59 Å². The van der Waals surface area contributed by atoms with E-state index in [0.717, 1.165) is 22.6 Å². The fourth-order valence-electron chi connectivity index (χ4n) is 3.93. The molecule has 0 bridgehead atoms. The smallest absolute Gasteiger partial charge is 0.254 e. The molecule has 1 N–H and O–H groups in total. The van der Waals surface area contributed by atoms with Crippen LogP contribution in [0.5, 0.6) is 5.75 Å². The van der Waals surface area contributed by atoms with Gasteiger partial charge in [0.25, 0.3) is 5.91 Å². The lowest BCUT2D eigenvalue weighted by atomic mass is 10.1. The zero-order valence-electron chi connectivity index (χ0n) is 19.6. The topological polar surface area (TPSA) is 87.9 Å². The summed E-state index contributed by atoms with van der Waals surface area (Å²) < 4.78 is 11.1. The minimum Gasteiger partial charge on any atom is -0.489 e. The van der Waals surface area contributed by atoms with E-state index in [1.54, 1.807) is 12.1 Å². The van der Waals surface area contributed by atoms with Crippen LogP contribution in [0.2, 0.25) is 0 Å². The summed E-state index contributed by atoms with van der Waals surface area (Å²) in [4.78, 5) is 29.2. The molecule has 0 aliphatic carbocycles. The van der Waals surface area contributed by atoms with Gasteiger partial charge in [0, 0.05) is 38.3 Å². The number of carbonyl (C=O) groups excluding carboxylic acids is 2. The molecule has 4 rings (SSSR count). The van der Waals surface area contributed by atoms with E-state index in [1.165, 1.54) is 0 Å². The van der Waals surface area contributed by atoms with Gasteiger partial charge in [-0.25, -0.2) is 0 Å². The normalized spacial score (nSPS) is 14.1. The molecule has 1 fully saturated rings. The van der Waals surface area contributed by atoms with Crippen LogP contribution in [-0.2, 0) is 17.9 Å². The van der Waals surface area contributed by atoms with Gasteiger partial charge >= 0.3 is 0 Å². The highest BCUT2D eigenvalue weighted by Crippen LogP contribution is 2.20. The zero-order valence-corrected chi connectivity index (χ0v) is 19.6. The number of aryl methyl sites for hydroxylation is 2. The van der Waals surface area contributed by atoms with Crippen LogP contribution >= 0.6 is 0 Å².